The number of hydrogen-bond donors (Lipinski definition) is 0. The van der Waals surface area contributed by atoms with Crippen molar-refractivity contribution >= 4 is 29.9 Å². The first-order valence-corrected chi connectivity index (χ1v) is 11.4. The fourth-order valence-corrected chi connectivity index (χ4v) is 3.51. The number of allylic oxidation sites excluding steroid dienone is 2. The van der Waals surface area contributed by atoms with Gasteiger partial charge in [-0.05, 0) is 25.6 Å². The molecule has 0 N–H and O–H groups in total. The average Bonchev–Trinajstić information content (AvgIpc) is 3.32. The summed E-state index contributed by atoms with van der Waals surface area (Å²) in [6, 6.07) is 20.4. The van der Waals surface area contributed by atoms with Crippen LogP contribution in [0.2, 0.25) is 0 Å². The minimum atomic E-state index is -0.115. The minimum absolute atomic E-state index is 0. The average molecular weight is 503 g/mol. The van der Waals surface area contributed by atoms with Crippen LogP contribution in [0.4, 0.5) is 0 Å². The van der Waals surface area contributed by atoms with Crippen molar-refractivity contribution in [3.63, 3.8) is 0 Å². The summed E-state index contributed by atoms with van der Waals surface area (Å²) in [6.07, 6.45) is 7.75. The number of rotatable bonds is 3. The Hall–Kier alpha value is -1.90. The second kappa shape index (κ2) is 15.8. The quantitative estimate of drug-likeness (QED) is 0.274. The van der Waals surface area contributed by atoms with Gasteiger partial charge in [0.15, 0.2) is 0 Å². The molecule has 0 saturated heterocycles. The third kappa shape index (κ3) is 5.91. The number of aromatic nitrogens is 2. The molecular weight excluding hydrogens is 468 g/mol. The van der Waals surface area contributed by atoms with Crippen LogP contribution in [0.1, 0.15) is 66.6 Å². The van der Waals surface area contributed by atoms with Gasteiger partial charge in [0.05, 0.1) is 11.3 Å². The number of nitrogens with zero attached hydrogens (tertiary/aromatic N) is 2. The Balaban J connectivity index is 0.00000127. The van der Waals surface area contributed by atoms with Crippen LogP contribution in [0.5, 0.6) is 0 Å². The van der Waals surface area contributed by atoms with Crippen molar-refractivity contribution in [3.8, 4) is 5.69 Å². The molecule has 5 heteroatoms. The van der Waals surface area contributed by atoms with Crippen LogP contribution < -0.4 is 16.5 Å². The molecule has 1 radical (unpaired) electrons. The van der Waals surface area contributed by atoms with Crippen LogP contribution in [0.25, 0.3) is 17.8 Å². The second-order valence-electron chi connectivity index (χ2n) is 5.95. The van der Waals surface area contributed by atoms with Gasteiger partial charge in [0.25, 0.3) is 12.4 Å². The summed E-state index contributed by atoms with van der Waals surface area (Å²) in [7, 11) is 0. The Kier molecular flexibility index (Phi) is 14.9. The van der Waals surface area contributed by atoms with Crippen LogP contribution in [-0.2, 0) is 32.7 Å². The molecule has 0 aliphatic carbocycles. The molecule has 1 aliphatic rings. The van der Waals surface area contributed by atoms with Crippen molar-refractivity contribution in [3.05, 3.63) is 88.4 Å². The van der Waals surface area contributed by atoms with Crippen LogP contribution in [0.3, 0.4) is 0 Å². The van der Waals surface area contributed by atoms with E-state index in [9.17, 15) is 4.79 Å². The largest absolute Gasteiger partial charge is 0.326 e. The van der Waals surface area contributed by atoms with E-state index in [0.717, 1.165) is 22.3 Å². The molecule has 3 nitrogen and oxygen atoms in total. The smallest absolute Gasteiger partial charge is 0.298 e. The third-order valence-corrected chi connectivity index (χ3v) is 4.46. The van der Waals surface area contributed by atoms with Crippen molar-refractivity contribution in [2.75, 3.05) is 0 Å². The van der Waals surface area contributed by atoms with Gasteiger partial charge in [-0.2, -0.15) is 54.0 Å². The maximum Gasteiger partial charge on any atom is 0.298 e. The predicted octanol–water partition coefficient (Wildman–Crippen LogP) is 5.35. The van der Waals surface area contributed by atoms with Crippen molar-refractivity contribution in [1.82, 2.24) is 9.27 Å². The molecule has 2 heterocycles. The van der Waals surface area contributed by atoms with Crippen molar-refractivity contribution < 1.29 is 32.7 Å². The molecule has 32 heavy (non-hydrogen) atoms. The van der Waals surface area contributed by atoms with Crippen molar-refractivity contribution in [2.24, 2.45) is 0 Å². The molecule has 0 unspecified atom stereocenters. The monoisotopic (exact) mass is 503 g/mol. The van der Waals surface area contributed by atoms with Crippen molar-refractivity contribution in [2.45, 2.75) is 55.4 Å². The molecule has 1 aromatic heterocycles. The Morgan fingerprint density at radius 2 is 1.47 bits per heavy atom. The Labute approximate surface area is 220 Å². The van der Waals surface area contributed by atoms with E-state index >= 15 is 0 Å². The third-order valence-electron chi connectivity index (χ3n) is 4.46. The van der Waals surface area contributed by atoms with Gasteiger partial charge in [-0.3, -0.25) is 9.48 Å². The molecular formula is C27H35BN2OY-2. The summed E-state index contributed by atoms with van der Waals surface area (Å²) in [5.41, 5.74) is 4.50. The zero-order chi connectivity index (χ0) is 23.4. The summed E-state index contributed by atoms with van der Waals surface area (Å²) < 4.78 is 3.83. The first kappa shape index (κ1) is 30.1. The second-order valence-corrected chi connectivity index (χ2v) is 5.95. The maximum atomic E-state index is 13.1. The molecule has 0 bridgehead atoms. The molecule has 0 spiro atoms. The predicted molar refractivity (Wildman–Crippen MR) is 138 cm³/mol. The maximum absolute atomic E-state index is 13.1. The van der Waals surface area contributed by atoms with E-state index in [-0.39, 0.29) is 45.1 Å². The van der Waals surface area contributed by atoms with Gasteiger partial charge in [-0.15, -0.1) is 11.5 Å². The zero-order valence-electron chi connectivity index (χ0n) is 20.8. The van der Waals surface area contributed by atoms with Gasteiger partial charge in [0.1, 0.15) is 0 Å². The first-order valence-electron chi connectivity index (χ1n) is 11.4. The molecule has 167 valence electrons. The van der Waals surface area contributed by atoms with Crippen LogP contribution >= 0.6 is 0 Å². The normalized spacial score (nSPS) is 10.7. The zero-order valence-corrected chi connectivity index (χ0v) is 23.6. The Morgan fingerprint density at radius 3 is 2.03 bits per heavy atom. The molecule has 1 aliphatic heterocycles. The van der Waals surface area contributed by atoms with E-state index in [0.29, 0.717) is 5.56 Å². The van der Waals surface area contributed by atoms with E-state index in [1.165, 1.54) is 0 Å². The van der Waals surface area contributed by atoms with Gasteiger partial charge in [0, 0.05) is 32.7 Å². The van der Waals surface area contributed by atoms with E-state index in [1.807, 2.05) is 122 Å². The van der Waals surface area contributed by atoms with Gasteiger partial charge in [-0.25, -0.2) is 0 Å². The number of hydrogen-bond acceptors (Lipinski definition) is 1. The molecule has 2 aromatic carbocycles. The molecule has 0 amide bonds. The van der Waals surface area contributed by atoms with E-state index < -0.39 is 0 Å². The van der Waals surface area contributed by atoms with Gasteiger partial charge >= 0.3 is 0 Å². The molecule has 3 aromatic rings. The molecule has 0 saturated carbocycles. The summed E-state index contributed by atoms with van der Waals surface area (Å²) >= 11 is 0. The van der Waals surface area contributed by atoms with Gasteiger partial charge in [0.2, 0.25) is 0 Å². The summed E-state index contributed by atoms with van der Waals surface area (Å²) in [6.45, 7) is 15.8. The minimum Gasteiger partial charge on any atom is -0.326 e. The summed E-state index contributed by atoms with van der Waals surface area (Å²) in [5, 5.41) is 0. The van der Waals surface area contributed by atoms with E-state index in [1.54, 1.807) is 4.68 Å². The van der Waals surface area contributed by atoms with Crippen LogP contribution in [-0.4, -0.2) is 16.1 Å². The molecule has 0 fully saturated rings. The van der Waals surface area contributed by atoms with Crippen LogP contribution in [0, 0.1) is 12.1 Å². The molecule has 0 atom stereocenters. The first-order chi connectivity index (χ1) is 15.3. The fourth-order valence-electron chi connectivity index (χ4n) is 3.51. The fraction of sp³-hybridized carbons (Fsp3) is 0.296. The summed E-state index contributed by atoms with van der Waals surface area (Å²) in [5.74, 6) is 0. The topological polar surface area (TPSA) is 26.9 Å². The Bertz CT molecular complexity index is 1050. The molecule has 4 rings (SSSR count). The van der Waals surface area contributed by atoms with E-state index in [2.05, 4.69) is 16.7 Å². The SMILES string of the molecule is C/C=C\c1c(/C=C\C)n2n(c1=O)-c1ccc[c-]c1B2c1[c-]cccc1.CC.CC.CC.[Y]. The van der Waals surface area contributed by atoms with Crippen molar-refractivity contribution in [1.29, 1.82) is 0 Å². The number of benzene rings is 2. The van der Waals surface area contributed by atoms with Gasteiger partial charge < -0.3 is 4.59 Å². The van der Waals surface area contributed by atoms with Gasteiger partial charge in [-0.1, -0.05) is 59.8 Å². The summed E-state index contributed by atoms with van der Waals surface area (Å²) in [4.78, 5) is 13.1. The Morgan fingerprint density at radius 1 is 0.844 bits per heavy atom. The number of fused-ring (bicyclic) bond motifs is 3. The van der Waals surface area contributed by atoms with Crippen LogP contribution in [0.15, 0.2) is 59.4 Å². The van der Waals surface area contributed by atoms with E-state index in [4.69, 9.17) is 0 Å². The standard InChI is InChI=1S/C21H17BN2O.3C2H6.Y/c1-3-10-17-19(11-4-2)24-22(16-12-6-5-7-13-16)18-14-8-9-15-20(18)23(24)21(17)25;3*1-2;/h3-12,15H,1-2H3;3*1-2H3;/q-2;;;;/b10-3-,11-4-;;;;.